The maximum absolute atomic E-state index is 11.7. The van der Waals surface area contributed by atoms with Gasteiger partial charge in [-0.15, -0.1) is 0 Å². The first-order valence-corrected chi connectivity index (χ1v) is 6.83. The number of piperidine rings is 1. The summed E-state index contributed by atoms with van der Waals surface area (Å²) in [6.45, 7) is 5.93. The number of aromatic nitrogens is 2. The molecule has 0 aliphatic carbocycles. The van der Waals surface area contributed by atoms with Crippen LogP contribution in [-0.4, -0.2) is 46.4 Å². The van der Waals surface area contributed by atoms with Crippen LogP contribution in [0.5, 0.6) is 0 Å². The molecule has 1 aliphatic rings. The molecular formula is C13H22N4O2. The number of nitrogens with zero attached hydrogens (tertiary/aromatic N) is 3. The summed E-state index contributed by atoms with van der Waals surface area (Å²) in [4.78, 5) is 13.9. The van der Waals surface area contributed by atoms with Gasteiger partial charge in [-0.05, 0) is 32.8 Å². The Kier molecular flexibility index (Phi) is 4.42. The molecule has 106 valence electrons. The molecule has 1 fully saturated rings. The number of esters is 1. The predicted molar refractivity (Wildman–Crippen MR) is 72.6 cm³/mol. The van der Waals surface area contributed by atoms with E-state index in [0.29, 0.717) is 18.5 Å². The average Bonchev–Trinajstić information content (AvgIpc) is 2.85. The number of nitrogens with two attached hydrogens (primary N) is 1. The van der Waals surface area contributed by atoms with Gasteiger partial charge in [0.25, 0.3) is 0 Å². The van der Waals surface area contributed by atoms with Crippen molar-refractivity contribution >= 4 is 11.8 Å². The van der Waals surface area contributed by atoms with Gasteiger partial charge in [0.1, 0.15) is 11.9 Å². The van der Waals surface area contributed by atoms with Crippen LogP contribution in [0.3, 0.4) is 0 Å². The molecule has 0 aromatic carbocycles. The zero-order valence-corrected chi connectivity index (χ0v) is 11.6. The normalized spacial score (nSPS) is 19.3. The van der Waals surface area contributed by atoms with Crippen LogP contribution in [0.4, 0.5) is 5.82 Å². The molecule has 1 aliphatic heterocycles. The summed E-state index contributed by atoms with van der Waals surface area (Å²) in [7, 11) is 0. The fourth-order valence-electron chi connectivity index (χ4n) is 2.51. The van der Waals surface area contributed by atoms with Gasteiger partial charge in [0.2, 0.25) is 0 Å². The Labute approximate surface area is 113 Å². The van der Waals surface area contributed by atoms with E-state index in [1.807, 2.05) is 30.8 Å². The number of hydrogen-bond donors (Lipinski definition) is 1. The first-order valence-electron chi connectivity index (χ1n) is 6.83. The third-order valence-corrected chi connectivity index (χ3v) is 3.68. The van der Waals surface area contributed by atoms with E-state index in [2.05, 4.69) is 10.00 Å². The third-order valence-electron chi connectivity index (χ3n) is 3.68. The summed E-state index contributed by atoms with van der Waals surface area (Å²) in [5.74, 6) is 0.423. The number of carbonyl (C=O) groups excluding carboxylic acids is 1. The molecule has 1 aromatic rings. The highest BCUT2D eigenvalue weighted by Crippen LogP contribution is 2.23. The number of likely N-dealkylation sites (tertiary alicyclic amines) is 1. The number of rotatable bonds is 4. The second-order valence-electron chi connectivity index (χ2n) is 4.92. The average molecular weight is 266 g/mol. The number of anilines is 1. The van der Waals surface area contributed by atoms with E-state index in [4.69, 9.17) is 10.5 Å². The Morgan fingerprint density at radius 3 is 2.79 bits per heavy atom. The highest BCUT2D eigenvalue weighted by atomic mass is 16.5. The van der Waals surface area contributed by atoms with Crippen molar-refractivity contribution in [1.82, 2.24) is 14.7 Å². The van der Waals surface area contributed by atoms with Crippen LogP contribution in [0.25, 0.3) is 0 Å². The Balaban J connectivity index is 1.87. The van der Waals surface area contributed by atoms with Crippen LogP contribution in [0.1, 0.15) is 32.7 Å². The summed E-state index contributed by atoms with van der Waals surface area (Å²) in [6.07, 6.45) is 3.88. The van der Waals surface area contributed by atoms with Gasteiger partial charge in [-0.1, -0.05) is 0 Å². The molecule has 0 bridgehead atoms. The molecule has 0 saturated carbocycles. The lowest BCUT2D eigenvalue weighted by molar-refractivity contribution is -0.149. The van der Waals surface area contributed by atoms with Gasteiger partial charge in [-0.2, -0.15) is 5.10 Å². The van der Waals surface area contributed by atoms with Crippen molar-refractivity contribution in [2.75, 3.05) is 25.4 Å². The Bertz CT molecular complexity index is 424. The number of nitrogen functional groups attached to an aromatic ring is 1. The van der Waals surface area contributed by atoms with E-state index in [-0.39, 0.29) is 12.0 Å². The highest BCUT2D eigenvalue weighted by molar-refractivity contribution is 5.75. The molecule has 1 aromatic heterocycles. The van der Waals surface area contributed by atoms with Crippen LogP contribution < -0.4 is 5.73 Å². The Morgan fingerprint density at radius 2 is 2.26 bits per heavy atom. The van der Waals surface area contributed by atoms with Crippen molar-refractivity contribution in [2.45, 2.75) is 38.8 Å². The lowest BCUT2D eigenvalue weighted by atomic mass is 10.0. The van der Waals surface area contributed by atoms with Crippen LogP contribution in [0, 0.1) is 0 Å². The molecule has 2 rings (SSSR count). The second-order valence-corrected chi connectivity index (χ2v) is 4.92. The summed E-state index contributed by atoms with van der Waals surface area (Å²) < 4.78 is 6.99. The summed E-state index contributed by atoms with van der Waals surface area (Å²) >= 11 is 0. The number of ether oxygens (including phenoxy) is 1. The van der Waals surface area contributed by atoms with Gasteiger partial charge in [0.05, 0.1) is 12.6 Å². The molecule has 2 N–H and O–H groups in total. The molecule has 0 amide bonds. The zero-order valence-electron chi connectivity index (χ0n) is 11.6. The van der Waals surface area contributed by atoms with Crippen molar-refractivity contribution in [3.63, 3.8) is 0 Å². The molecule has 6 nitrogen and oxygen atoms in total. The van der Waals surface area contributed by atoms with Crippen LogP contribution in [0.15, 0.2) is 12.3 Å². The molecule has 0 spiro atoms. The molecular weight excluding hydrogens is 244 g/mol. The SMILES string of the molecule is CCOC(=O)C(C)N1CCC(n2ccc(N)n2)CC1. The summed E-state index contributed by atoms with van der Waals surface area (Å²) in [6, 6.07) is 2.03. The van der Waals surface area contributed by atoms with Crippen LogP contribution in [0.2, 0.25) is 0 Å². The van der Waals surface area contributed by atoms with E-state index in [1.54, 1.807) is 0 Å². The second kappa shape index (κ2) is 6.06. The number of hydrogen-bond acceptors (Lipinski definition) is 5. The fraction of sp³-hybridized carbons (Fsp3) is 0.692. The van der Waals surface area contributed by atoms with Gasteiger partial charge >= 0.3 is 5.97 Å². The molecule has 6 heteroatoms. The minimum absolute atomic E-state index is 0.135. The first-order chi connectivity index (χ1) is 9.11. The minimum Gasteiger partial charge on any atom is -0.465 e. The van der Waals surface area contributed by atoms with Gasteiger partial charge in [0, 0.05) is 19.3 Å². The molecule has 19 heavy (non-hydrogen) atoms. The first kappa shape index (κ1) is 13.9. The number of carbonyl (C=O) groups is 1. The fourth-order valence-corrected chi connectivity index (χ4v) is 2.51. The van der Waals surface area contributed by atoms with E-state index in [1.165, 1.54) is 0 Å². The smallest absolute Gasteiger partial charge is 0.323 e. The van der Waals surface area contributed by atoms with Gasteiger partial charge in [0.15, 0.2) is 0 Å². The predicted octanol–water partition coefficient (Wildman–Crippen LogP) is 1.05. The van der Waals surface area contributed by atoms with E-state index < -0.39 is 0 Å². The van der Waals surface area contributed by atoms with E-state index >= 15 is 0 Å². The van der Waals surface area contributed by atoms with Crippen LogP contribution >= 0.6 is 0 Å². The third kappa shape index (κ3) is 3.26. The quantitative estimate of drug-likeness (QED) is 0.825. The van der Waals surface area contributed by atoms with E-state index in [0.717, 1.165) is 25.9 Å². The van der Waals surface area contributed by atoms with Crippen molar-refractivity contribution in [3.05, 3.63) is 12.3 Å². The molecule has 1 saturated heterocycles. The van der Waals surface area contributed by atoms with Crippen molar-refractivity contribution in [3.8, 4) is 0 Å². The summed E-state index contributed by atoms with van der Waals surface area (Å²) in [5, 5.41) is 4.25. The molecule has 0 radical (unpaired) electrons. The molecule has 1 unspecified atom stereocenters. The van der Waals surface area contributed by atoms with Gasteiger partial charge in [-0.25, -0.2) is 0 Å². The largest absolute Gasteiger partial charge is 0.465 e. The zero-order chi connectivity index (χ0) is 13.8. The minimum atomic E-state index is -0.163. The Morgan fingerprint density at radius 1 is 1.58 bits per heavy atom. The lowest BCUT2D eigenvalue weighted by Crippen LogP contribution is -2.45. The van der Waals surface area contributed by atoms with Gasteiger partial charge < -0.3 is 10.5 Å². The summed E-state index contributed by atoms with van der Waals surface area (Å²) in [5.41, 5.74) is 5.63. The van der Waals surface area contributed by atoms with Gasteiger partial charge in [-0.3, -0.25) is 14.4 Å². The maximum Gasteiger partial charge on any atom is 0.323 e. The van der Waals surface area contributed by atoms with Crippen molar-refractivity contribution in [2.24, 2.45) is 0 Å². The topological polar surface area (TPSA) is 73.4 Å². The van der Waals surface area contributed by atoms with Crippen molar-refractivity contribution < 1.29 is 9.53 Å². The maximum atomic E-state index is 11.7. The standard InChI is InChI=1S/C13H22N4O2/c1-3-19-13(18)10(2)16-7-4-11(5-8-16)17-9-6-12(14)15-17/h6,9-11H,3-5,7-8H2,1-2H3,(H2,14,15). The lowest BCUT2D eigenvalue weighted by Gasteiger charge is -2.34. The monoisotopic (exact) mass is 266 g/mol. The molecule has 2 heterocycles. The Hall–Kier alpha value is -1.56. The van der Waals surface area contributed by atoms with Crippen LogP contribution in [-0.2, 0) is 9.53 Å². The van der Waals surface area contributed by atoms with E-state index in [9.17, 15) is 4.79 Å². The molecule has 1 atom stereocenters. The highest BCUT2D eigenvalue weighted by Gasteiger charge is 2.28. The van der Waals surface area contributed by atoms with Crippen molar-refractivity contribution in [1.29, 1.82) is 0 Å².